The average molecular weight is 438 g/mol. The second-order valence-corrected chi connectivity index (χ2v) is 8.64. The maximum atomic E-state index is 13.0. The van der Waals surface area contributed by atoms with Crippen LogP contribution in [0.1, 0.15) is 55.2 Å². The Morgan fingerprint density at radius 3 is 2.55 bits per heavy atom. The van der Waals surface area contributed by atoms with Gasteiger partial charge in [0.15, 0.2) is 5.16 Å². The number of nitrogens with zero attached hydrogens (tertiary/aromatic N) is 2. The zero-order valence-corrected chi connectivity index (χ0v) is 18.5. The van der Waals surface area contributed by atoms with Crippen LogP contribution in [0.4, 0.5) is 4.39 Å². The van der Waals surface area contributed by atoms with Crippen molar-refractivity contribution in [2.75, 3.05) is 5.75 Å². The fourth-order valence-electron chi connectivity index (χ4n) is 3.30. The predicted octanol–water partition coefficient (Wildman–Crippen LogP) is 6.04. The molecule has 0 aliphatic rings. The summed E-state index contributed by atoms with van der Waals surface area (Å²) in [5.41, 5.74) is 3.65. The molecule has 1 N–H and O–H groups in total. The van der Waals surface area contributed by atoms with E-state index in [1.54, 1.807) is 42.5 Å². The summed E-state index contributed by atoms with van der Waals surface area (Å²) in [4.78, 5) is 23.6. The number of hydrogen-bond acceptors (Lipinski definition) is 4. The molecule has 0 atom stereocenters. The number of thioether (sulfide) groups is 1. The molecule has 0 aliphatic heterocycles. The molecule has 0 aliphatic carbocycles. The third kappa shape index (κ3) is 7.79. The normalized spacial score (nSPS) is 10.9. The molecule has 6 heteroatoms. The molecule has 3 aromatic rings. The lowest BCUT2D eigenvalue weighted by Gasteiger charge is -2.06. The zero-order valence-electron chi connectivity index (χ0n) is 17.6. The highest BCUT2D eigenvalue weighted by Crippen LogP contribution is 2.21. The van der Waals surface area contributed by atoms with Gasteiger partial charge in [-0.2, -0.15) is 0 Å². The third-order valence-electron chi connectivity index (χ3n) is 5.08. The van der Waals surface area contributed by atoms with Crippen molar-refractivity contribution in [2.24, 2.45) is 0 Å². The van der Waals surface area contributed by atoms with Crippen LogP contribution in [0, 0.1) is 5.82 Å². The summed E-state index contributed by atoms with van der Waals surface area (Å²) in [6.45, 7) is 4.11. The van der Waals surface area contributed by atoms with Crippen molar-refractivity contribution in [1.29, 1.82) is 0 Å². The third-order valence-corrected chi connectivity index (χ3v) is 6.05. The van der Waals surface area contributed by atoms with Crippen LogP contribution in [0.2, 0.25) is 0 Å². The number of aromatic nitrogens is 3. The van der Waals surface area contributed by atoms with E-state index in [1.807, 2.05) is 12.1 Å². The van der Waals surface area contributed by atoms with Crippen LogP contribution in [0.3, 0.4) is 0 Å². The lowest BCUT2D eigenvalue weighted by molar-refractivity contribution is 0.627. The molecule has 3 rings (SSSR count). The molecule has 0 amide bonds. The van der Waals surface area contributed by atoms with Gasteiger partial charge in [-0.15, -0.1) is 0 Å². The van der Waals surface area contributed by atoms with Crippen molar-refractivity contribution in [2.45, 2.75) is 50.1 Å². The van der Waals surface area contributed by atoms with Gasteiger partial charge in [0, 0.05) is 36.3 Å². The summed E-state index contributed by atoms with van der Waals surface area (Å²) in [6.07, 6.45) is 12.3. The number of unbranched alkanes of at least 4 members (excludes halogenated alkanes) is 4. The Bertz CT molecular complexity index is 1020. The summed E-state index contributed by atoms with van der Waals surface area (Å²) in [5, 5.41) is 0.676. The molecular weight excluding hydrogens is 409 g/mol. The quantitative estimate of drug-likeness (QED) is 0.213. The standard InChI is InChI=1S/C25H28FN3OS/c1-19(21-10-12-23(26)13-11-21)8-5-3-2-4-6-15-31-25-28-18-22(24(30)29-25)16-20-9-7-14-27-17-20/h7,9-14,17-18H,1-6,8,15-16H2,(H,28,29,30). The number of hydrogen-bond donors (Lipinski definition) is 1. The van der Waals surface area contributed by atoms with Crippen LogP contribution >= 0.6 is 11.8 Å². The summed E-state index contributed by atoms with van der Waals surface area (Å²) < 4.78 is 13.0. The first kappa shape index (κ1) is 22.9. The van der Waals surface area contributed by atoms with E-state index in [0.717, 1.165) is 54.6 Å². The fourth-order valence-corrected chi connectivity index (χ4v) is 4.13. The Morgan fingerprint density at radius 2 is 1.81 bits per heavy atom. The largest absolute Gasteiger partial charge is 0.301 e. The first-order chi connectivity index (χ1) is 15.1. The molecule has 2 heterocycles. The Hall–Kier alpha value is -2.73. The van der Waals surface area contributed by atoms with Gasteiger partial charge in [-0.25, -0.2) is 9.37 Å². The summed E-state index contributed by atoms with van der Waals surface area (Å²) >= 11 is 1.59. The molecule has 2 aromatic heterocycles. The molecule has 4 nitrogen and oxygen atoms in total. The van der Waals surface area contributed by atoms with Gasteiger partial charge in [0.2, 0.25) is 0 Å². The van der Waals surface area contributed by atoms with E-state index in [-0.39, 0.29) is 11.4 Å². The van der Waals surface area contributed by atoms with Crippen molar-refractivity contribution in [3.8, 4) is 0 Å². The van der Waals surface area contributed by atoms with E-state index in [9.17, 15) is 9.18 Å². The van der Waals surface area contributed by atoms with Crippen LogP contribution in [0.15, 0.2) is 71.5 Å². The number of H-pyrrole nitrogens is 1. The van der Waals surface area contributed by atoms with Crippen molar-refractivity contribution >= 4 is 17.3 Å². The monoisotopic (exact) mass is 437 g/mol. The van der Waals surface area contributed by atoms with Crippen LogP contribution in [0.25, 0.3) is 5.57 Å². The first-order valence-corrected chi connectivity index (χ1v) is 11.6. The van der Waals surface area contributed by atoms with Crippen LogP contribution < -0.4 is 5.56 Å². The number of benzene rings is 1. The number of halogens is 1. The maximum Gasteiger partial charge on any atom is 0.255 e. The van der Waals surface area contributed by atoms with Crippen LogP contribution in [0.5, 0.6) is 0 Å². The fraction of sp³-hybridized carbons (Fsp3) is 0.320. The van der Waals surface area contributed by atoms with E-state index in [4.69, 9.17) is 0 Å². The molecule has 0 unspecified atom stereocenters. The Kier molecular flexibility index (Phi) is 9.03. The van der Waals surface area contributed by atoms with Gasteiger partial charge in [0.25, 0.3) is 5.56 Å². The van der Waals surface area contributed by atoms with E-state index in [0.29, 0.717) is 17.1 Å². The highest BCUT2D eigenvalue weighted by Gasteiger charge is 2.05. The Balaban J connectivity index is 1.28. The molecule has 0 spiro atoms. The predicted molar refractivity (Wildman–Crippen MR) is 126 cm³/mol. The van der Waals surface area contributed by atoms with Crippen LogP contribution in [-0.2, 0) is 6.42 Å². The van der Waals surface area contributed by atoms with E-state index in [2.05, 4.69) is 21.5 Å². The minimum atomic E-state index is -0.214. The molecule has 0 saturated carbocycles. The summed E-state index contributed by atoms with van der Waals surface area (Å²) in [6, 6.07) is 10.4. The summed E-state index contributed by atoms with van der Waals surface area (Å²) in [7, 11) is 0. The van der Waals surface area contributed by atoms with Crippen LogP contribution in [-0.4, -0.2) is 20.7 Å². The number of nitrogens with one attached hydrogen (secondary N) is 1. The minimum Gasteiger partial charge on any atom is -0.301 e. The zero-order chi connectivity index (χ0) is 21.9. The van der Waals surface area contributed by atoms with Crippen molar-refractivity contribution in [1.82, 2.24) is 15.0 Å². The smallest absolute Gasteiger partial charge is 0.255 e. The number of aromatic amines is 1. The van der Waals surface area contributed by atoms with E-state index < -0.39 is 0 Å². The second-order valence-electron chi connectivity index (χ2n) is 7.56. The highest BCUT2D eigenvalue weighted by molar-refractivity contribution is 7.99. The molecular formula is C25H28FN3OS. The second kappa shape index (κ2) is 12.2. The van der Waals surface area contributed by atoms with E-state index in [1.165, 1.54) is 18.6 Å². The van der Waals surface area contributed by atoms with Gasteiger partial charge in [0.1, 0.15) is 5.82 Å². The highest BCUT2D eigenvalue weighted by atomic mass is 32.2. The molecule has 0 radical (unpaired) electrons. The summed E-state index contributed by atoms with van der Waals surface area (Å²) in [5.74, 6) is 0.724. The van der Waals surface area contributed by atoms with Gasteiger partial charge in [-0.3, -0.25) is 9.78 Å². The SMILES string of the molecule is C=C(CCCCCCCSc1ncc(Cc2cccnc2)c(=O)[nH]1)c1ccc(F)cc1. The lowest BCUT2D eigenvalue weighted by atomic mass is 10.0. The first-order valence-electron chi connectivity index (χ1n) is 10.7. The molecule has 162 valence electrons. The lowest BCUT2D eigenvalue weighted by Crippen LogP contribution is -2.14. The minimum absolute atomic E-state index is 0.0808. The molecule has 0 saturated heterocycles. The van der Waals surface area contributed by atoms with E-state index >= 15 is 0 Å². The topological polar surface area (TPSA) is 58.6 Å². The van der Waals surface area contributed by atoms with Crippen molar-refractivity contribution in [3.63, 3.8) is 0 Å². The Morgan fingerprint density at radius 1 is 1.03 bits per heavy atom. The molecule has 0 fully saturated rings. The maximum absolute atomic E-state index is 13.0. The number of pyridine rings is 1. The van der Waals surface area contributed by atoms with Gasteiger partial charge in [0.05, 0.1) is 0 Å². The Labute approximate surface area is 187 Å². The molecule has 1 aromatic carbocycles. The van der Waals surface area contributed by atoms with Gasteiger partial charge in [-0.05, 0) is 54.2 Å². The number of rotatable bonds is 12. The average Bonchev–Trinajstić information content (AvgIpc) is 2.78. The molecule has 0 bridgehead atoms. The van der Waals surface area contributed by atoms with Gasteiger partial charge >= 0.3 is 0 Å². The van der Waals surface area contributed by atoms with Gasteiger partial charge in [-0.1, -0.05) is 55.8 Å². The number of allylic oxidation sites excluding steroid dienone is 1. The van der Waals surface area contributed by atoms with Crippen molar-refractivity contribution in [3.05, 3.63) is 94.4 Å². The molecule has 31 heavy (non-hydrogen) atoms. The van der Waals surface area contributed by atoms with Gasteiger partial charge < -0.3 is 4.98 Å². The van der Waals surface area contributed by atoms with Crippen molar-refractivity contribution < 1.29 is 4.39 Å².